The summed E-state index contributed by atoms with van der Waals surface area (Å²) in [4.78, 5) is 22.2. The number of amides is 2. The van der Waals surface area contributed by atoms with E-state index in [1.54, 1.807) is 0 Å². The lowest BCUT2D eigenvalue weighted by molar-refractivity contribution is 0.186. The van der Waals surface area contributed by atoms with Crippen LogP contribution in [0.3, 0.4) is 0 Å². The molecule has 2 aromatic carbocycles. The van der Waals surface area contributed by atoms with Gasteiger partial charge in [-0.15, -0.1) is 0 Å². The minimum atomic E-state index is -0.494. The van der Waals surface area contributed by atoms with E-state index in [1.807, 2.05) is 48.5 Å². The van der Waals surface area contributed by atoms with E-state index in [9.17, 15) is 9.59 Å². The lowest BCUT2D eigenvalue weighted by atomic mass is 10.0. The Morgan fingerprint density at radius 3 is 1.39 bits per heavy atom. The molecule has 6 heteroatoms. The van der Waals surface area contributed by atoms with E-state index in [0.717, 1.165) is 17.5 Å². The summed E-state index contributed by atoms with van der Waals surface area (Å²) < 4.78 is 9.08. The quantitative estimate of drug-likeness (QED) is 0.903. The molecule has 2 aromatic rings. The monoisotopic (exact) mass is 314 g/mol. The first-order valence-electron chi connectivity index (χ1n) is 6.98. The number of nitrogens with one attached hydrogen (secondary N) is 2. The molecule has 2 amide bonds. The fraction of sp³-hybridized carbons (Fsp3) is 0.176. The largest absolute Gasteiger partial charge is 0.453 e. The standard InChI is InChI=1S/C17H18N2O4/c1-22-16(20)18-14-7-3-12(4-8-14)11-13-5-9-15(10-6-13)19-17(21)23-2/h3-10H,11H2,1-2H3,(H,18,20)(H,19,21). The van der Waals surface area contributed by atoms with E-state index < -0.39 is 12.2 Å². The predicted molar refractivity (Wildman–Crippen MR) is 87.7 cm³/mol. The van der Waals surface area contributed by atoms with E-state index in [4.69, 9.17) is 0 Å². The summed E-state index contributed by atoms with van der Waals surface area (Å²) >= 11 is 0. The van der Waals surface area contributed by atoms with Gasteiger partial charge in [-0.05, 0) is 41.8 Å². The van der Waals surface area contributed by atoms with Crippen molar-refractivity contribution in [2.45, 2.75) is 6.42 Å². The van der Waals surface area contributed by atoms with Crippen molar-refractivity contribution in [1.82, 2.24) is 0 Å². The van der Waals surface area contributed by atoms with Gasteiger partial charge in [-0.3, -0.25) is 10.6 Å². The van der Waals surface area contributed by atoms with Crippen molar-refractivity contribution < 1.29 is 19.1 Å². The molecule has 0 bridgehead atoms. The number of carbonyl (C=O) groups is 2. The molecule has 0 saturated carbocycles. The number of anilines is 2. The molecule has 0 fully saturated rings. The molecule has 120 valence electrons. The molecule has 0 atom stereocenters. The van der Waals surface area contributed by atoms with Gasteiger partial charge < -0.3 is 9.47 Å². The molecular weight excluding hydrogens is 296 g/mol. The van der Waals surface area contributed by atoms with E-state index in [1.165, 1.54) is 14.2 Å². The second-order valence-corrected chi connectivity index (χ2v) is 4.80. The van der Waals surface area contributed by atoms with Crippen LogP contribution in [0.1, 0.15) is 11.1 Å². The van der Waals surface area contributed by atoms with Crippen LogP contribution in [0.5, 0.6) is 0 Å². The van der Waals surface area contributed by atoms with E-state index in [2.05, 4.69) is 20.1 Å². The molecular formula is C17H18N2O4. The number of hydrogen-bond acceptors (Lipinski definition) is 4. The second-order valence-electron chi connectivity index (χ2n) is 4.80. The van der Waals surface area contributed by atoms with Gasteiger partial charge in [0.15, 0.2) is 0 Å². The number of benzene rings is 2. The Morgan fingerprint density at radius 1 is 0.739 bits per heavy atom. The van der Waals surface area contributed by atoms with Crippen molar-refractivity contribution in [3.05, 3.63) is 59.7 Å². The van der Waals surface area contributed by atoms with Crippen molar-refractivity contribution in [2.75, 3.05) is 24.9 Å². The summed E-state index contributed by atoms with van der Waals surface area (Å²) in [6, 6.07) is 15.0. The number of carbonyl (C=O) groups excluding carboxylic acids is 2. The van der Waals surface area contributed by atoms with Gasteiger partial charge in [0.2, 0.25) is 0 Å². The topological polar surface area (TPSA) is 76.7 Å². The van der Waals surface area contributed by atoms with Crippen LogP contribution in [-0.4, -0.2) is 26.4 Å². The molecule has 0 aliphatic heterocycles. The third-order valence-electron chi connectivity index (χ3n) is 3.18. The fourth-order valence-electron chi connectivity index (χ4n) is 1.99. The normalized spacial score (nSPS) is 9.83. The Bertz CT molecular complexity index is 606. The van der Waals surface area contributed by atoms with Gasteiger partial charge in [-0.2, -0.15) is 0 Å². The molecule has 0 aliphatic carbocycles. The first-order valence-corrected chi connectivity index (χ1v) is 6.98. The third kappa shape index (κ3) is 5.03. The minimum Gasteiger partial charge on any atom is -0.453 e. The van der Waals surface area contributed by atoms with Crippen LogP contribution < -0.4 is 10.6 Å². The third-order valence-corrected chi connectivity index (χ3v) is 3.18. The molecule has 2 N–H and O–H groups in total. The first-order chi connectivity index (χ1) is 11.1. The minimum absolute atomic E-state index is 0.494. The van der Waals surface area contributed by atoms with Crippen LogP contribution in [0.4, 0.5) is 21.0 Å². The van der Waals surface area contributed by atoms with E-state index in [-0.39, 0.29) is 0 Å². The summed E-state index contributed by atoms with van der Waals surface area (Å²) in [5.41, 5.74) is 3.57. The Morgan fingerprint density at radius 2 is 1.09 bits per heavy atom. The first kappa shape index (κ1) is 16.4. The smallest absolute Gasteiger partial charge is 0.411 e. The zero-order valence-corrected chi connectivity index (χ0v) is 13.0. The highest BCUT2D eigenvalue weighted by atomic mass is 16.5. The maximum absolute atomic E-state index is 11.1. The maximum Gasteiger partial charge on any atom is 0.411 e. The van der Waals surface area contributed by atoms with Crippen LogP contribution in [0, 0.1) is 0 Å². The van der Waals surface area contributed by atoms with E-state index in [0.29, 0.717) is 11.4 Å². The molecule has 0 heterocycles. The molecule has 23 heavy (non-hydrogen) atoms. The van der Waals surface area contributed by atoms with E-state index >= 15 is 0 Å². The highest BCUT2D eigenvalue weighted by molar-refractivity contribution is 5.85. The maximum atomic E-state index is 11.1. The van der Waals surface area contributed by atoms with Crippen molar-refractivity contribution >= 4 is 23.6 Å². The summed E-state index contributed by atoms with van der Waals surface area (Å²) in [6.45, 7) is 0. The molecule has 2 rings (SSSR count). The molecule has 0 spiro atoms. The summed E-state index contributed by atoms with van der Waals surface area (Å²) in [5.74, 6) is 0. The van der Waals surface area contributed by atoms with Crippen LogP contribution in [-0.2, 0) is 15.9 Å². The average Bonchev–Trinajstić information content (AvgIpc) is 2.58. The van der Waals surface area contributed by atoms with Gasteiger partial charge in [0.1, 0.15) is 0 Å². The Kier molecular flexibility index (Phi) is 5.57. The molecule has 0 saturated heterocycles. The van der Waals surface area contributed by atoms with Crippen LogP contribution in [0.25, 0.3) is 0 Å². The molecule has 0 aromatic heterocycles. The van der Waals surface area contributed by atoms with Crippen molar-refractivity contribution in [1.29, 1.82) is 0 Å². The number of rotatable bonds is 4. The number of methoxy groups -OCH3 is 2. The van der Waals surface area contributed by atoms with Crippen LogP contribution in [0.15, 0.2) is 48.5 Å². The Hall–Kier alpha value is -3.02. The van der Waals surface area contributed by atoms with Gasteiger partial charge in [-0.1, -0.05) is 24.3 Å². The summed E-state index contributed by atoms with van der Waals surface area (Å²) in [5, 5.41) is 5.20. The lowest BCUT2D eigenvalue weighted by Crippen LogP contribution is -2.10. The number of hydrogen-bond donors (Lipinski definition) is 2. The Balaban J connectivity index is 1.96. The molecule has 0 unspecified atom stereocenters. The fourth-order valence-corrected chi connectivity index (χ4v) is 1.99. The van der Waals surface area contributed by atoms with Crippen LogP contribution in [0.2, 0.25) is 0 Å². The van der Waals surface area contributed by atoms with Gasteiger partial charge in [0.05, 0.1) is 14.2 Å². The lowest BCUT2D eigenvalue weighted by Gasteiger charge is -2.07. The predicted octanol–water partition coefficient (Wildman–Crippen LogP) is 3.63. The number of ether oxygens (including phenoxy) is 2. The van der Waals surface area contributed by atoms with Crippen molar-refractivity contribution in [2.24, 2.45) is 0 Å². The summed E-state index contributed by atoms with van der Waals surface area (Å²) in [7, 11) is 2.64. The molecule has 6 nitrogen and oxygen atoms in total. The molecule has 0 aliphatic rings. The van der Waals surface area contributed by atoms with Gasteiger partial charge >= 0.3 is 12.2 Å². The van der Waals surface area contributed by atoms with Gasteiger partial charge in [0, 0.05) is 11.4 Å². The summed E-state index contributed by atoms with van der Waals surface area (Å²) in [6.07, 6.45) is -0.241. The highest BCUT2D eigenvalue weighted by Gasteiger charge is 2.03. The SMILES string of the molecule is COC(=O)Nc1ccc(Cc2ccc(NC(=O)OC)cc2)cc1. The van der Waals surface area contributed by atoms with Crippen molar-refractivity contribution in [3.63, 3.8) is 0 Å². The zero-order valence-electron chi connectivity index (χ0n) is 13.0. The van der Waals surface area contributed by atoms with Gasteiger partial charge in [-0.25, -0.2) is 9.59 Å². The highest BCUT2D eigenvalue weighted by Crippen LogP contribution is 2.16. The Labute approximate surface area is 134 Å². The molecule has 0 radical (unpaired) electrons. The van der Waals surface area contributed by atoms with Crippen LogP contribution >= 0.6 is 0 Å². The van der Waals surface area contributed by atoms with Gasteiger partial charge in [0.25, 0.3) is 0 Å². The zero-order chi connectivity index (χ0) is 16.7. The average molecular weight is 314 g/mol. The van der Waals surface area contributed by atoms with Crippen molar-refractivity contribution in [3.8, 4) is 0 Å². The second kappa shape index (κ2) is 7.84.